The molecule has 0 unspecified atom stereocenters. The molecule has 1 aromatic carbocycles. The number of ketones is 1. The highest BCUT2D eigenvalue weighted by Gasteiger charge is 2.46. The first-order chi connectivity index (χ1) is 14.2. The minimum absolute atomic E-state index is 0.0303. The zero-order valence-corrected chi connectivity index (χ0v) is 18.3. The minimum atomic E-state index is -0.730. The molecule has 1 aromatic heterocycles. The third kappa shape index (κ3) is 4.37. The first-order valence-electron chi connectivity index (χ1n) is 9.70. The highest BCUT2D eigenvalue weighted by Crippen LogP contribution is 2.40. The lowest BCUT2D eigenvalue weighted by atomic mass is 9.95. The number of hydrogen-bond donors (Lipinski definition) is 1. The van der Waals surface area contributed by atoms with Crippen molar-refractivity contribution in [3.05, 3.63) is 63.7 Å². The summed E-state index contributed by atoms with van der Waals surface area (Å²) in [6, 6.07) is 6.27. The van der Waals surface area contributed by atoms with Crippen LogP contribution in [0.3, 0.4) is 0 Å². The summed E-state index contributed by atoms with van der Waals surface area (Å²) in [4.78, 5) is 37.8. The van der Waals surface area contributed by atoms with E-state index >= 15 is 0 Å². The molecule has 1 atom stereocenters. The van der Waals surface area contributed by atoms with E-state index in [1.165, 1.54) is 11.1 Å². The average Bonchev–Trinajstić information content (AvgIpc) is 2.92. The Morgan fingerprint density at radius 1 is 1.27 bits per heavy atom. The van der Waals surface area contributed by atoms with E-state index in [0.29, 0.717) is 40.6 Å². The maximum absolute atomic E-state index is 13.0. The third-order valence-corrected chi connectivity index (χ3v) is 5.30. The highest BCUT2D eigenvalue weighted by atomic mass is 35.5. The summed E-state index contributed by atoms with van der Waals surface area (Å²) >= 11 is 6.18. The summed E-state index contributed by atoms with van der Waals surface area (Å²) in [6.45, 7) is 4.61. The van der Waals surface area contributed by atoms with E-state index in [-0.39, 0.29) is 11.3 Å². The second kappa shape index (κ2) is 8.93. The Hall–Kier alpha value is -2.77. The van der Waals surface area contributed by atoms with Crippen LogP contribution < -0.4 is 0 Å². The van der Waals surface area contributed by atoms with Crippen LogP contribution in [0, 0.1) is 13.8 Å². The molecule has 2 heterocycles. The van der Waals surface area contributed by atoms with E-state index in [9.17, 15) is 14.7 Å². The van der Waals surface area contributed by atoms with Crippen LogP contribution in [0.5, 0.6) is 0 Å². The number of likely N-dealkylation sites (tertiary alicyclic amines) is 1. The molecule has 1 aliphatic heterocycles. The molecule has 8 heteroatoms. The van der Waals surface area contributed by atoms with Crippen molar-refractivity contribution in [1.29, 1.82) is 0 Å². The van der Waals surface area contributed by atoms with Gasteiger partial charge in [-0.05, 0) is 58.6 Å². The van der Waals surface area contributed by atoms with Crippen LogP contribution in [-0.2, 0) is 9.59 Å². The Labute approximate surface area is 181 Å². The average molecular weight is 429 g/mol. The first-order valence-corrected chi connectivity index (χ1v) is 10.1. The molecule has 0 radical (unpaired) electrons. The van der Waals surface area contributed by atoms with Crippen molar-refractivity contribution >= 4 is 29.1 Å². The van der Waals surface area contributed by atoms with Gasteiger partial charge in [0.15, 0.2) is 0 Å². The maximum atomic E-state index is 13.0. The van der Waals surface area contributed by atoms with E-state index < -0.39 is 17.7 Å². The van der Waals surface area contributed by atoms with Gasteiger partial charge in [-0.15, -0.1) is 0 Å². The van der Waals surface area contributed by atoms with Gasteiger partial charge in [-0.2, -0.15) is 0 Å². The smallest absolute Gasteiger partial charge is 0.295 e. The molecular weight excluding hydrogens is 404 g/mol. The third-order valence-electron chi connectivity index (χ3n) is 5.06. The molecule has 1 fully saturated rings. The zero-order chi connectivity index (χ0) is 22.0. The molecule has 1 N–H and O–H groups in total. The summed E-state index contributed by atoms with van der Waals surface area (Å²) in [5.74, 6) is -1.07. The van der Waals surface area contributed by atoms with Gasteiger partial charge in [-0.25, -0.2) is 9.97 Å². The molecule has 1 amide bonds. The number of carbonyl (C=O) groups excluding carboxylic acids is 2. The fraction of sp³-hybridized carbons (Fsp3) is 0.364. The zero-order valence-electron chi connectivity index (χ0n) is 17.5. The van der Waals surface area contributed by atoms with Gasteiger partial charge in [0.25, 0.3) is 11.7 Å². The summed E-state index contributed by atoms with van der Waals surface area (Å²) < 4.78 is 0. The van der Waals surface area contributed by atoms with Gasteiger partial charge in [-0.1, -0.05) is 23.7 Å². The van der Waals surface area contributed by atoms with Crippen LogP contribution in [0.15, 0.2) is 36.0 Å². The first kappa shape index (κ1) is 21.9. The summed E-state index contributed by atoms with van der Waals surface area (Å²) in [6.07, 6.45) is 2.16. The van der Waals surface area contributed by atoms with Gasteiger partial charge in [0, 0.05) is 17.8 Å². The van der Waals surface area contributed by atoms with E-state index in [4.69, 9.17) is 11.6 Å². The molecule has 2 aromatic rings. The standard InChI is InChI=1S/C22H25ClN4O3/c1-13-17(12-24-14(2)25-13)20(28)18-19(15-7-5-8-16(23)11-15)27(22(30)21(18)29)10-6-9-26(3)4/h5,7-8,11-12,19,28H,6,9-10H2,1-4H3/t19-/m1/s1. The number of rotatable bonds is 6. The second-order valence-electron chi connectivity index (χ2n) is 7.62. The molecule has 1 aliphatic rings. The Balaban J connectivity index is 2.13. The molecule has 158 valence electrons. The molecule has 0 bridgehead atoms. The molecule has 0 spiro atoms. The van der Waals surface area contributed by atoms with Crippen molar-refractivity contribution < 1.29 is 14.7 Å². The summed E-state index contributed by atoms with van der Waals surface area (Å²) in [5, 5.41) is 11.6. The lowest BCUT2D eigenvalue weighted by Gasteiger charge is -2.26. The number of aromatic nitrogens is 2. The SMILES string of the molecule is Cc1ncc(C(O)=C2C(=O)C(=O)N(CCCN(C)C)[C@@H]2c2cccc(Cl)c2)c(C)n1. The van der Waals surface area contributed by atoms with Crippen molar-refractivity contribution in [3.8, 4) is 0 Å². The lowest BCUT2D eigenvalue weighted by molar-refractivity contribution is -0.139. The lowest BCUT2D eigenvalue weighted by Crippen LogP contribution is -2.32. The van der Waals surface area contributed by atoms with Crippen LogP contribution >= 0.6 is 11.6 Å². The highest BCUT2D eigenvalue weighted by molar-refractivity contribution is 6.46. The maximum Gasteiger partial charge on any atom is 0.295 e. The van der Waals surface area contributed by atoms with E-state index in [1.807, 2.05) is 19.0 Å². The van der Waals surface area contributed by atoms with Crippen LogP contribution in [0.1, 0.15) is 35.1 Å². The number of aliphatic hydroxyl groups excluding tert-OH is 1. The Morgan fingerprint density at radius 2 is 2.00 bits per heavy atom. The monoisotopic (exact) mass is 428 g/mol. The number of nitrogens with zero attached hydrogens (tertiary/aromatic N) is 4. The summed E-state index contributed by atoms with van der Waals surface area (Å²) in [5.41, 5.74) is 1.56. The van der Waals surface area contributed by atoms with Crippen molar-refractivity contribution in [2.75, 3.05) is 27.2 Å². The largest absolute Gasteiger partial charge is 0.507 e. The molecule has 1 saturated heterocycles. The second-order valence-corrected chi connectivity index (χ2v) is 8.06. The van der Waals surface area contributed by atoms with E-state index in [0.717, 1.165) is 6.54 Å². The number of carbonyl (C=O) groups is 2. The van der Waals surface area contributed by atoms with Gasteiger partial charge >= 0.3 is 0 Å². The fourth-order valence-electron chi connectivity index (χ4n) is 3.65. The number of benzene rings is 1. The van der Waals surface area contributed by atoms with Crippen molar-refractivity contribution in [1.82, 2.24) is 19.8 Å². The van der Waals surface area contributed by atoms with E-state index in [1.54, 1.807) is 38.1 Å². The molecule has 3 rings (SSSR count). The van der Waals surface area contributed by atoms with Gasteiger partial charge in [0.05, 0.1) is 22.9 Å². The quantitative estimate of drug-likeness (QED) is 0.432. The molecule has 7 nitrogen and oxygen atoms in total. The number of aliphatic hydroxyl groups is 1. The predicted molar refractivity (Wildman–Crippen MR) is 115 cm³/mol. The predicted octanol–water partition coefficient (Wildman–Crippen LogP) is 3.12. The molecule has 0 aliphatic carbocycles. The van der Waals surface area contributed by atoms with Crippen LogP contribution in [0.2, 0.25) is 5.02 Å². The molecular formula is C22H25ClN4O3. The van der Waals surface area contributed by atoms with Crippen LogP contribution in [0.25, 0.3) is 5.76 Å². The van der Waals surface area contributed by atoms with E-state index in [2.05, 4.69) is 9.97 Å². The number of hydrogen-bond acceptors (Lipinski definition) is 6. The van der Waals surface area contributed by atoms with Crippen molar-refractivity contribution in [2.24, 2.45) is 0 Å². The topological polar surface area (TPSA) is 86.6 Å². The Morgan fingerprint density at radius 3 is 2.63 bits per heavy atom. The molecule has 30 heavy (non-hydrogen) atoms. The van der Waals surface area contributed by atoms with Gasteiger partial charge in [0.1, 0.15) is 11.6 Å². The fourth-order valence-corrected chi connectivity index (χ4v) is 3.85. The number of amides is 1. The van der Waals surface area contributed by atoms with Gasteiger partial charge in [0.2, 0.25) is 0 Å². The van der Waals surface area contributed by atoms with Gasteiger partial charge < -0.3 is 14.9 Å². The van der Waals surface area contributed by atoms with Crippen molar-refractivity contribution in [2.45, 2.75) is 26.3 Å². The molecule has 0 saturated carbocycles. The van der Waals surface area contributed by atoms with Crippen LogP contribution in [-0.4, -0.2) is 63.7 Å². The Kier molecular flexibility index (Phi) is 6.53. The Bertz CT molecular complexity index is 1020. The minimum Gasteiger partial charge on any atom is -0.507 e. The summed E-state index contributed by atoms with van der Waals surface area (Å²) in [7, 11) is 3.89. The number of halogens is 1. The normalized spacial score (nSPS) is 18.5. The van der Waals surface area contributed by atoms with Crippen molar-refractivity contribution in [3.63, 3.8) is 0 Å². The number of Topliss-reactive ketones (excluding diaryl/α,β-unsaturated/α-hetero) is 1. The van der Waals surface area contributed by atoms with Crippen LogP contribution in [0.4, 0.5) is 0 Å². The number of aryl methyl sites for hydroxylation is 2. The van der Waals surface area contributed by atoms with Gasteiger partial charge in [-0.3, -0.25) is 9.59 Å².